The summed E-state index contributed by atoms with van der Waals surface area (Å²) in [5, 5.41) is 3.33. The molecule has 4 rings (SSSR count). The van der Waals surface area contributed by atoms with Gasteiger partial charge in [0.1, 0.15) is 13.9 Å². The van der Waals surface area contributed by atoms with Crippen molar-refractivity contribution in [2.45, 2.75) is 18.4 Å². The second-order valence-electron chi connectivity index (χ2n) is 6.97. The number of nitrogens with zero attached hydrogens (tertiary/aromatic N) is 1. The zero-order valence-electron chi connectivity index (χ0n) is 15.2. The van der Waals surface area contributed by atoms with Gasteiger partial charge in [0, 0.05) is 18.2 Å². The molecule has 0 fully saturated rings. The molecule has 0 saturated heterocycles. The Bertz CT molecular complexity index is 924. The number of carbonyl (C=O) groups excluding carboxylic acids is 3. The summed E-state index contributed by atoms with van der Waals surface area (Å²) in [6.45, 7) is 0.648. The third-order valence-electron chi connectivity index (χ3n) is 5.30. The van der Waals surface area contributed by atoms with E-state index < -0.39 is 23.8 Å². The van der Waals surface area contributed by atoms with Crippen LogP contribution in [-0.2, 0) is 9.53 Å². The van der Waals surface area contributed by atoms with Crippen molar-refractivity contribution in [1.82, 2.24) is 4.90 Å². The maximum Gasteiger partial charge on any atom is 0.329 e. The van der Waals surface area contributed by atoms with Crippen molar-refractivity contribution < 1.29 is 19.1 Å². The van der Waals surface area contributed by atoms with Crippen LogP contribution in [0.2, 0.25) is 0 Å². The fourth-order valence-corrected chi connectivity index (χ4v) is 3.94. The van der Waals surface area contributed by atoms with E-state index in [1.54, 1.807) is 24.3 Å². The van der Waals surface area contributed by atoms with Crippen LogP contribution in [0.25, 0.3) is 0 Å². The summed E-state index contributed by atoms with van der Waals surface area (Å²) >= 11 is 0. The lowest BCUT2D eigenvalue weighted by atomic mass is 9.87. The van der Waals surface area contributed by atoms with Crippen molar-refractivity contribution in [2.75, 3.05) is 19.0 Å². The van der Waals surface area contributed by atoms with Crippen LogP contribution < -0.4 is 10.8 Å². The summed E-state index contributed by atoms with van der Waals surface area (Å²) in [5.74, 6) is -1.46. The van der Waals surface area contributed by atoms with Crippen molar-refractivity contribution >= 4 is 36.8 Å². The smallest absolute Gasteiger partial charge is 0.329 e. The molecule has 0 radical (unpaired) electrons. The van der Waals surface area contributed by atoms with E-state index in [0.29, 0.717) is 24.1 Å². The first kappa shape index (κ1) is 17.3. The molecule has 27 heavy (non-hydrogen) atoms. The van der Waals surface area contributed by atoms with E-state index in [4.69, 9.17) is 4.74 Å². The number of ether oxygens (including phenoxy) is 1. The lowest BCUT2D eigenvalue weighted by Crippen LogP contribution is -2.46. The SMILES string of the molecule is Bc1ccc2c(c1)C(C[C@@H](C(=O)OC)N1C(=O)c3ccccc3C1=O)CN2. The molecular weight excluding hydrogens is 343 g/mol. The highest BCUT2D eigenvalue weighted by Gasteiger charge is 2.44. The number of imide groups is 1. The van der Waals surface area contributed by atoms with E-state index in [1.165, 1.54) is 7.11 Å². The van der Waals surface area contributed by atoms with Gasteiger partial charge in [-0.15, -0.1) is 0 Å². The zero-order chi connectivity index (χ0) is 19.1. The van der Waals surface area contributed by atoms with E-state index in [2.05, 4.69) is 11.4 Å². The van der Waals surface area contributed by atoms with Gasteiger partial charge in [-0.3, -0.25) is 14.5 Å². The number of benzene rings is 2. The van der Waals surface area contributed by atoms with Crippen LogP contribution in [0.1, 0.15) is 38.6 Å². The molecule has 2 aromatic rings. The number of anilines is 1. The molecule has 2 aliphatic heterocycles. The van der Waals surface area contributed by atoms with E-state index in [-0.39, 0.29) is 5.92 Å². The van der Waals surface area contributed by atoms with Crippen LogP contribution in [-0.4, -0.2) is 50.2 Å². The van der Waals surface area contributed by atoms with Crippen LogP contribution in [0.3, 0.4) is 0 Å². The van der Waals surface area contributed by atoms with Crippen molar-refractivity contribution in [3.63, 3.8) is 0 Å². The molecule has 7 heteroatoms. The Balaban J connectivity index is 1.67. The van der Waals surface area contributed by atoms with Gasteiger partial charge < -0.3 is 10.1 Å². The highest BCUT2D eigenvalue weighted by Crippen LogP contribution is 2.36. The summed E-state index contributed by atoms with van der Waals surface area (Å²) in [5.41, 5.74) is 3.91. The van der Waals surface area contributed by atoms with Gasteiger partial charge in [0.15, 0.2) is 0 Å². The molecule has 0 spiro atoms. The predicted octanol–water partition coefficient (Wildman–Crippen LogP) is 0.682. The van der Waals surface area contributed by atoms with Gasteiger partial charge in [-0.05, 0) is 30.2 Å². The fraction of sp³-hybridized carbons (Fsp3) is 0.250. The van der Waals surface area contributed by atoms with Crippen LogP contribution in [0.5, 0.6) is 0 Å². The Kier molecular flexibility index (Phi) is 4.22. The highest BCUT2D eigenvalue weighted by atomic mass is 16.5. The number of amides is 2. The Labute approximate surface area is 157 Å². The van der Waals surface area contributed by atoms with Gasteiger partial charge in [-0.25, -0.2) is 4.79 Å². The Morgan fingerprint density at radius 3 is 2.52 bits per heavy atom. The zero-order valence-corrected chi connectivity index (χ0v) is 15.2. The standard InChI is InChI=1S/C20H19BN2O4/c1-27-20(26)17(8-11-10-22-16-7-6-12(21)9-15(11)16)23-18(24)13-4-2-3-5-14(13)19(23)25/h2-7,9,11,17,22H,8,10,21H2,1H3/t11?,17-/m0/s1. The van der Waals surface area contributed by atoms with E-state index in [0.717, 1.165) is 21.6 Å². The number of methoxy groups -OCH3 is 1. The van der Waals surface area contributed by atoms with Crippen molar-refractivity contribution in [2.24, 2.45) is 0 Å². The average molecular weight is 362 g/mol. The molecule has 6 nitrogen and oxygen atoms in total. The van der Waals surface area contributed by atoms with Crippen LogP contribution in [0.4, 0.5) is 5.69 Å². The number of carbonyl (C=O) groups is 3. The number of nitrogens with one attached hydrogen (secondary N) is 1. The maximum absolute atomic E-state index is 12.8. The monoisotopic (exact) mass is 362 g/mol. The lowest BCUT2D eigenvalue weighted by Gasteiger charge is -2.26. The molecule has 1 unspecified atom stereocenters. The van der Waals surface area contributed by atoms with E-state index >= 15 is 0 Å². The van der Waals surface area contributed by atoms with Crippen LogP contribution >= 0.6 is 0 Å². The molecule has 0 saturated carbocycles. The molecule has 0 bridgehead atoms. The Hall–Kier alpha value is -3.09. The maximum atomic E-state index is 12.8. The average Bonchev–Trinajstić information content (AvgIpc) is 3.18. The molecule has 2 heterocycles. The van der Waals surface area contributed by atoms with Crippen LogP contribution in [0.15, 0.2) is 42.5 Å². The number of hydrogen-bond acceptors (Lipinski definition) is 5. The summed E-state index contributed by atoms with van der Waals surface area (Å²) < 4.78 is 4.94. The number of hydrogen-bond donors (Lipinski definition) is 1. The minimum Gasteiger partial charge on any atom is -0.467 e. The van der Waals surface area contributed by atoms with E-state index in [1.807, 2.05) is 20.0 Å². The Morgan fingerprint density at radius 1 is 1.22 bits per heavy atom. The third kappa shape index (κ3) is 2.79. The van der Waals surface area contributed by atoms with Gasteiger partial charge >= 0.3 is 5.97 Å². The molecule has 0 aromatic heterocycles. The Morgan fingerprint density at radius 2 is 1.89 bits per heavy atom. The molecule has 136 valence electrons. The number of esters is 1. The summed E-state index contributed by atoms with van der Waals surface area (Å²) in [7, 11) is 3.29. The van der Waals surface area contributed by atoms with E-state index in [9.17, 15) is 14.4 Å². The largest absolute Gasteiger partial charge is 0.467 e. The highest BCUT2D eigenvalue weighted by molar-refractivity contribution is 6.32. The summed E-state index contributed by atoms with van der Waals surface area (Å²) in [6.07, 6.45) is 0.321. The van der Waals surface area contributed by atoms with Gasteiger partial charge in [-0.2, -0.15) is 0 Å². The second kappa shape index (κ2) is 6.57. The third-order valence-corrected chi connectivity index (χ3v) is 5.30. The number of rotatable bonds is 4. The van der Waals surface area contributed by atoms with Crippen molar-refractivity contribution in [3.05, 3.63) is 59.2 Å². The molecule has 1 N–H and O–H groups in total. The molecular formula is C20H19BN2O4. The van der Waals surface area contributed by atoms with Gasteiger partial charge in [0.2, 0.25) is 0 Å². The summed E-state index contributed by atoms with van der Waals surface area (Å²) in [6, 6.07) is 11.8. The minimum absolute atomic E-state index is 0.00770. The molecule has 2 aliphatic rings. The normalized spacial score (nSPS) is 18.7. The quantitative estimate of drug-likeness (QED) is 0.492. The van der Waals surface area contributed by atoms with Crippen molar-refractivity contribution in [3.8, 4) is 0 Å². The first-order valence-electron chi connectivity index (χ1n) is 8.90. The molecule has 0 aliphatic carbocycles. The molecule has 2 amide bonds. The second-order valence-corrected chi connectivity index (χ2v) is 6.97. The lowest BCUT2D eigenvalue weighted by molar-refractivity contribution is -0.145. The predicted molar refractivity (Wildman–Crippen MR) is 103 cm³/mol. The summed E-state index contributed by atoms with van der Waals surface area (Å²) in [4.78, 5) is 39.2. The molecule has 2 aromatic carbocycles. The fourth-order valence-electron chi connectivity index (χ4n) is 3.94. The first-order chi connectivity index (χ1) is 13.0. The van der Waals surface area contributed by atoms with Gasteiger partial charge in [0.25, 0.3) is 11.8 Å². The number of fused-ring (bicyclic) bond motifs is 2. The molecule has 2 atom stereocenters. The minimum atomic E-state index is -0.958. The van der Waals surface area contributed by atoms with Gasteiger partial charge in [-0.1, -0.05) is 29.7 Å². The topological polar surface area (TPSA) is 75.7 Å². The van der Waals surface area contributed by atoms with Crippen LogP contribution in [0, 0.1) is 0 Å². The van der Waals surface area contributed by atoms with Gasteiger partial charge in [0.05, 0.1) is 18.2 Å². The van der Waals surface area contributed by atoms with Crippen molar-refractivity contribution in [1.29, 1.82) is 0 Å². The first-order valence-corrected chi connectivity index (χ1v) is 8.90.